The number of amides is 1. The molecular weight excluding hydrogens is 349 g/mol. The predicted octanol–water partition coefficient (Wildman–Crippen LogP) is 3.67. The molecule has 4 nitrogen and oxygen atoms in total. The molecule has 1 aromatic heterocycles. The Kier molecular flexibility index (Phi) is 6.57. The van der Waals surface area contributed by atoms with E-state index in [9.17, 15) is 9.18 Å². The highest BCUT2D eigenvalue weighted by molar-refractivity contribution is 7.07. The third kappa shape index (κ3) is 4.68. The van der Waals surface area contributed by atoms with Crippen LogP contribution in [0.2, 0.25) is 0 Å². The van der Waals surface area contributed by atoms with E-state index in [-0.39, 0.29) is 30.6 Å². The van der Waals surface area contributed by atoms with Crippen molar-refractivity contribution in [3.05, 3.63) is 46.0 Å². The van der Waals surface area contributed by atoms with E-state index in [1.807, 2.05) is 17.0 Å². The minimum absolute atomic E-state index is 0. The molecule has 1 aliphatic rings. The number of aromatic nitrogens is 1. The first kappa shape index (κ1) is 18.7. The van der Waals surface area contributed by atoms with Crippen molar-refractivity contribution in [2.45, 2.75) is 38.1 Å². The van der Waals surface area contributed by atoms with Gasteiger partial charge in [0.25, 0.3) is 0 Å². The molecule has 24 heavy (non-hydrogen) atoms. The van der Waals surface area contributed by atoms with Crippen LogP contribution in [0.3, 0.4) is 0 Å². The summed E-state index contributed by atoms with van der Waals surface area (Å²) in [4.78, 5) is 17.9. The molecule has 0 radical (unpaired) electrons. The summed E-state index contributed by atoms with van der Waals surface area (Å²) in [6.07, 6.45) is 5.13. The Morgan fingerprint density at radius 1 is 1.33 bits per heavy atom. The maximum absolute atomic E-state index is 12.9. The first-order valence-corrected chi connectivity index (χ1v) is 8.72. The number of nitrogens with zero attached hydrogens (tertiary/aromatic N) is 2. The predicted molar refractivity (Wildman–Crippen MR) is 97.1 cm³/mol. The fourth-order valence-corrected chi connectivity index (χ4v) is 3.74. The Hall–Kier alpha value is -1.66. The summed E-state index contributed by atoms with van der Waals surface area (Å²) in [5.74, 6) is -0.428. The van der Waals surface area contributed by atoms with Crippen LogP contribution >= 0.6 is 23.7 Å². The Labute approximate surface area is 150 Å². The molecule has 0 aliphatic heterocycles. The summed E-state index contributed by atoms with van der Waals surface area (Å²) in [6, 6.07) is 6.21. The Morgan fingerprint density at radius 2 is 2.00 bits per heavy atom. The second-order valence-corrected chi connectivity index (χ2v) is 6.70. The lowest BCUT2D eigenvalue weighted by Gasteiger charge is -2.06. The minimum Gasteiger partial charge on any atom is -0.326 e. The molecule has 3 rings (SSSR count). The van der Waals surface area contributed by atoms with E-state index >= 15 is 0 Å². The van der Waals surface area contributed by atoms with E-state index in [0.29, 0.717) is 11.7 Å². The van der Waals surface area contributed by atoms with Gasteiger partial charge in [0.15, 0.2) is 4.80 Å². The number of benzene rings is 1. The third-order valence-corrected chi connectivity index (χ3v) is 5.09. The van der Waals surface area contributed by atoms with Gasteiger partial charge in [-0.05, 0) is 37.1 Å². The first-order valence-electron chi connectivity index (χ1n) is 7.84. The average Bonchev–Trinajstić information content (AvgIpc) is 3.15. The van der Waals surface area contributed by atoms with E-state index in [1.54, 1.807) is 23.5 Å². The van der Waals surface area contributed by atoms with Gasteiger partial charge < -0.3 is 9.88 Å². The van der Waals surface area contributed by atoms with Crippen LogP contribution in [0.1, 0.15) is 31.4 Å². The fraction of sp³-hybridized carbons (Fsp3) is 0.412. The molecule has 130 valence electrons. The zero-order valence-electron chi connectivity index (χ0n) is 13.5. The Morgan fingerprint density at radius 3 is 2.67 bits per heavy atom. The van der Waals surface area contributed by atoms with Crippen molar-refractivity contribution in [2.24, 2.45) is 12.0 Å². The van der Waals surface area contributed by atoms with E-state index in [1.165, 1.54) is 25.0 Å². The summed E-state index contributed by atoms with van der Waals surface area (Å²) >= 11 is 1.58. The highest BCUT2D eigenvalue weighted by Gasteiger charge is 2.14. The van der Waals surface area contributed by atoms with Crippen LogP contribution in [-0.2, 0) is 18.3 Å². The summed E-state index contributed by atoms with van der Waals surface area (Å²) in [5, 5.41) is 4.77. The number of hydrogen-bond donors (Lipinski definition) is 1. The van der Waals surface area contributed by atoms with Gasteiger partial charge >= 0.3 is 0 Å². The third-order valence-electron chi connectivity index (χ3n) is 4.11. The molecule has 7 heteroatoms. The molecule has 1 aliphatic carbocycles. The summed E-state index contributed by atoms with van der Waals surface area (Å²) in [6.45, 7) is 0. The van der Waals surface area contributed by atoms with Crippen LogP contribution in [-0.4, -0.2) is 16.5 Å². The maximum Gasteiger partial charge on any atom is 0.230 e. The zero-order chi connectivity index (χ0) is 16.2. The number of carbonyl (C=O) groups is 1. The highest BCUT2D eigenvalue weighted by Crippen LogP contribution is 2.20. The van der Waals surface area contributed by atoms with Gasteiger partial charge in [-0.15, -0.1) is 23.7 Å². The number of rotatable bonds is 4. The molecule has 1 N–H and O–H groups in total. The average molecular weight is 370 g/mol. The molecule has 1 amide bonds. The molecule has 0 atom stereocenters. The van der Waals surface area contributed by atoms with Crippen LogP contribution in [0, 0.1) is 5.82 Å². The van der Waals surface area contributed by atoms with E-state index in [2.05, 4.69) is 5.32 Å². The quantitative estimate of drug-likeness (QED) is 0.878. The van der Waals surface area contributed by atoms with Crippen LogP contribution < -0.4 is 10.1 Å². The first-order chi connectivity index (χ1) is 11.1. The molecular formula is C17H21ClFN3OS. The normalized spacial score (nSPS) is 15.3. The fourth-order valence-electron chi connectivity index (χ4n) is 2.77. The van der Waals surface area contributed by atoms with Crippen LogP contribution in [0.5, 0.6) is 0 Å². The standard InChI is InChI=1S/C17H20FN3OS.ClH/c1-21-15(11-23-17(21)20-13-4-2-3-5-13)10-16(22)19-14-8-6-12(18)7-9-14;/h6-9,11,13H,2-5,10H2,1H3,(H,19,22);1H. The number of anilines is 1. The van der Waals surface area contributed by atoms with Crippen molar-refractivity contribution >= 4 is 35.3 Å². The zero-order valence-corrected chi connectivity index (χ0v) is 15.1. The monoisotopic (exact) mass is 369 g/mol. The molecule has 1 heterocycles. The van der Waals surface area contributed by atoms with Crippen LogP contribution in [0.4, 0.5) is 10.1 Å². The van der Waals surface area contributed by atoms with Crippen molar-refractivity contribution in [3.63, 3.8) is 0 Å². The minimum atomic E-state index is -0.314. The van der Waals surface area contributed by atoms with Crippen LogP contribution in [0.25, 0.3) is 0 Å². The lowest BCUT2D eigenvalue weighted by Crippen LogP contribution is -2.20. The second-order valence-electron chi connectivity index (χ2n) is 5.87. The van der Waals surface area contributed by atoms with Crippen molar-refractivity contribution in [1.29, 1.82) is 0 Å². The molecule has 0 unspecified atom stereocenters. The van der Waals surface area contributed by atoms with Crippen molar-refractivity contribution in [2.75, 3.05) is 5.32 Å². The number of hydrogen-bond acceptors (Lipinski definition) is 3. The molecule has 1 aromatic carbocycles. The summed E-state index contributed by atoms with van der Waals surface area (Å²) < 4.78 is 14.9. The largest absolute Gasteiger partial charge is 0.326 e. The van der Waals surface area contributed by atoms with Gasteiger partial charge in [0, 0.05) is 23.8 Å². The lowest BCUT2D eigenvalue weighted by molar-refractivity contribution is -0.115. The lowest BCUT2D eigenvalue weighted by atomic mass is 10.2. The van der Waals surface area contributed by atoms with E-state index in [4.69, 9.17) is 4.99 Å². The van der Waals surface area contributed by atoms with Gasteiger partial charge in [0.2, 0.25) is 5.91 Å². The molecule has 1 fully saturated rings. The van der Waals surface area contributed by atoms with Gasteiger partial charge in [-0.3, -0.25) is 9.79 Å². The molecule has 2 aromatic rings. The molecule has 0 saturated heterocycles. The van der Waals surface area contributed by atoms with Gasteiger partial charge in [-0.25, -0.2) is 4.39 Å². The van der Waals surface area contributed by atoms with Crippen molar-refractivity contribution < 1.29 is 9.18 Å². The highest BCUT2D eigenvalue weighted by atomic mass is 35.5. The Balaban J connectivity index is 0.00000208. The smallest absolute Gasteiger partial charge is 0.230 e. The van der Waals surface area contributed by atoms with Crippen molar-refractivity contribution in [1.82, 2.24) is 4.57 Å². The Bertz CT molecular complexity index is 748. The molecule has 0 bridgehead atoms. The number of halogens is 2. The molecule has 1 saturated carbocycles. The van der Waals surface area contributed by atoms with Gasteiger partial charge in [0.05, 0.1) is 12.5 Å². The molecule has 0 spiro atoms. The summed E-state index contributed by atoms with van der Waals surface area (Å²) in [5.41, 5.74) is 1.54. The second kappa shape index (κ2) is 8.44. The van der Waals surface area contributed by atoms with Crippen LogP contribution in [0.15, 0.2) is 34.6 Å². The maximum atomic E-state index is 12.9. The van der Waals surface area contributed by atoms with Gasteiger partial charge in [-0.2, -0.15) is 0 Å². The topological polar surface area (TPSA) is 46.4 Å². The van der Waals surface area contributed by atoms with Gasteiger partial charge in [-0.1, -0.05) is 12.8 Å². The van der Waals surface area contributed by atoms with Gasteiger partial charge in [0.1, 0.15) is 5.82 Å². The SMILES string of the molecule is Cl.Cn1c(CC(=O)Nc2ccc(F)cc2)csc1=NC1CCCC1. The number of carbonyl (C=O) groups excluding carboxylic acids is 1. The number of thiazole rings is 1. The van der Waals surface area contributed by atoms with E-state index < -0.39 is 0 Å². The van der Waals surface area contributed by atoms with E-state index in [0.717, 1.165) is 23.3 Å². The van der Waals surface area contributed by atoms with Crippen molar-refractivity contribution in [3.8, 4) is 0 Å². The summed E-state index contributed by atoms with van der Waals surface area (Å²) in [7, 11) is 1.95. The number of nitrogens with one attached hydrogen (secondary N) is 1.